The minimum Gasteiger partial charge on any atom is -0.394 e. The molecule has 0 aromatic heterocycles. The molecule has 6 heteroatoms. The minimum atomic E-state index is -1.38. The van der Waals surface area contributed by atoms with E-state index in [0.29, 0.717) is 0 Å². The van der Waals surface area contributed by atoms with Crippen LogP contribution in [-0.2, 0) is 9.47 Å². The Hall–Kier alpha value is -0.240. The number of ether oxygens (including phenoxy) is 2. The van der Waals surface area contributed by atoms with Crippen molar-refractivity contribution < 1.29 is 29.9 Å². The molecule has 16 heavy (non-hydrogen) atoms. The monoisotopic (exact) mass is 236 g/mol. The predicted molar refractivity (Wildman–Crippen MR) is 54.6 cm³/mol. The van der Waals surface area contributed by atoms with Crippen LogP contribution in [0.25, 0.3) is 0 Å². The molecule has 0 radical (unpaired) electrons. The molecule has 1 aliphatic heterocycles. The lowest BCUT2D eigenvalue weighted by Crippen LogP contribution is -2.40. The van der Waals surface area contributed by atoms with Gasteiger partial charge in [0.15, 0.2) is 5.79 Å². The molecule has 0 aromatic carbocycles. The SMILES string of the molecule is CC(C)(O)OC1C[C@H](O)C(CO)OCC1O. The minimum absolute atomic E-state index is 0.0387. The molecule has 1 saturated heterocycles. The van der Waals surface area contributed by atoms with Crippen molar-refractivity contribution >= 4 is 0 Å². The van der Waals surface area contributed by atoms with E-state index >= 15 is 0 Å². The Kier molecular flexibility index (Phi) is 4.66. The molecule has 0 bridgehead atoms. The van der Waals surface area contributed by atoms with E-state index in [2.05, 4.69) is 0 Å². The van der Waals surface area contributed by atoms with Gasteiger partial charge in [0.1, 0.15) is 12.2 Å². The first-order chi connectivity index (χ1) is 7.33. The summed E-state index contributed by atoms with van der Waals surface area (Å²) in [5.74, 6) is -1.38. The summed E-state index contributed by atoms with van der Waals surface area (Å²) >= 11 is 0. The van der Waals surface area contributed by atoms with Crippen LogP contribution in [0.2, 0.25) is 0 Å². The molecular formula is C10H20O6. The Labute approximate surface area is 94.4 Å². The Morgan fingerprint density at radius 1 is 1.31 bits per heavy atom. The van der Waals surface area contributed by atoms with E-state index in [-0.39, 0.29) is 19.6 Å². The Bertz CT molecular complexity index is 214. The molecule has 0 amide bonds. The van der Waals surface area contributed by atoms with Crippen molar-refractivity contribution in [2.75, 3.05) is 13.2 Å². The first kappa shape index (κ1) is 13.8. The van der Waals surface area contributed by atoms with Crippen molar-refractivity contribution in [1.82, 2.24) is 0 Å². The van der Waals surface area contributed by atoms with Gasteiger partial charge >= 0.3 is 0 Å². The van der Waals surface area contributed by atoms with E-state index in [0.717, 1.165) is 0 Å². The van der Waals surface area contributed by atoms with Gasteiger partial charge in [-0.3, -0.25) is 0 Å². The zero-order valence-corrected chi connectivity index (χ0v) is 9.54. The summed E-state index contributed by atoms with van der Waals surface area (Å²) in [6.07, 6.45) is -3.18. The zero-order valence-electron chi connectivity index (χ0n) is 9.54. The molecule has 6 nitrogen and oxygen atoms in total. The fourth-order valence-electron chi connectivity index (χ4n) is 1.66. The first-order valence-corrected chi connectivity index (χ1v) is 5.32. The Morgan fingerprint density at radius 2 is 1.94 bits per heavy atom. The zero-order chi connectivity index (χ0) is 12.3. The van der Waals surface area contributed by atoms with Gasteiger partial charge in [0, 0.05) is 6.42 Å². The highest BCUT2D eigenvalue weighted by atomic mass is 16.6. The molecular weight excluding hydrogens is 216 g/mol. The highest BCUT2D eigenvalue weighted by Crippen LogP contribution is 2.21. The lowest BCUT2D eigenvalue weighted by atomic mass is 10.0. The summed E-state index contributed by atoms with van der Waals surface area (Å²) in [6, 6.07) is 0. The van der Waals surface area contributed by atoms with E-state index in [1.165, 1.54) is 13.8 Å². The number of rotatable bonds is 3. The van der Waals surface area contributed by atoms with Crippen molar-refractivity contribution in [1.29, 1.82) is 0 Å². The maximum Gasteiger partial charge on any atom is 0.160 e. The topological polar surface area (TPSA) is 99.4 Å². The molecule has 0 aromatic rings. The molecule has 4 atom stereocenters. The lowest BCUT2D eigenvalue weighted by molar-refractivity contribution is -0.228. The predicted octanol–water partition coefficient (Wildman–Crippen LogP) is -1.40. The highest BCUT2D eigenvalue weighted by Gasteiger charge is 2.35. The van der Waals surface area contributed by atoms with Crippen molar-refractivity contribution in [2.24, 2.45) is 0 Å². The average Bonchev–Trinajstić information content (AvgIpc) is 2.25. The summed E-state index contributed by atoms with van der Waals surface area (Å²) in [4.78, 5) is 0. The lowest BCUT2D eigenvalue weighted by Gasteiger charge is -2.28. The van der Waals surface area contributed by atoms with Gasteiger partial charge in [-0.25, -0.2) is 0 Å². The van der Waals surface area contributed by atoms with Gasteiger partial charge < -0.3 is 29.9 Å². The van der Waals surface area contributed by atoms with Crippen LogP contribution in [-0.4, -0.2) is 63.8 Å². The smallest absolute Gasteiger partial charge is 0.160 e. The maximum atomic E-state index is 9.69. The number of hydrogen-bond acceptors (Lipinski definition) is 6. The van der Waals surface area contributed by atoms with Crippen molar-refractivity contribution in [3.05, 3.63) is 0 Å². The molecule has 96 valence electrons. The van der Waals surface area contributed by atoms with Crippen molar-refractivity contribution in [3.63, 3.8) is 0 Å². The number of aliphatic hydroxyl groups is 4. The number of aliphatic hydroxyl groups excluding tert-OH is 3. The van der Waals surface area contributed by atoms with Crippen LogP contribution in [0.4, 0.5) is 0 Å². The van der Waals surface area contributed by atoms with Gasteiger partial charge in [-0.15, -0.1) is 0 Å². The van der Waals surface area contributed by atoms with Crippen molar-refractivity contribution in [2.45, 2.75) is 50.5 Å². The van der Waals surface area contributed by atoms with Gasteiger partial charge in [0.05, 0.1) is 25.4 Å². The summed E-state index contributed by atoms with van der Waals surface area (Å²) in [6.45, 7) is 2.54. The third-order valence-corrected chi connectivity index (χ3v) is 2.43. The molecule has 1 aliphatic rings. The fourth-order valence-corrected chi connectivity index (χ4v) is 1.66. The van der Waals surface area contributed by atoms with Crippen LogP contribution in [0, 0.1) is 0 Å². The third-order valence-electron chi connectivity index (χ3n) is 2.43. The molecule has 3 unspecified atom stereocenters. The number of hydrogen-bond donors (Lipinski definition) is 4. The van der Waals surface area contributed by atoms with E-state index in [1.54, 1.807) is 0 Å². The van der Waals surface area contributed by atoms with Gasteiger partial charge in [-0.2, -0.15) is 0 Å². The van der Waals surface area contributed by atoms with Crippen LogP contribution >= 0.6 is 0 Å². The molecule has 0 spiro atoms. The second-order valence-corrected chi connectivity index (χ2v) is 4.53. The van der Waals surface area contributed by atoms with Crippen molar-refractivity contribution in [3.8, 4) is 0 Å². The normalized spacial score (nSPS) is 37.1. The van der Waals surface area contributed by atoms with E-state index in [4.69, 9.17) is 14.6 Å². The molecule has 0 saturated carbocycles. The second kappa shape index (κ2) is 5.39. The van der Waals surface area contributed by atoms with E-state index < -0.39 is 30.2 Å². The average molecular weight is 236 g/mol. The van der Waals surface area contributed by atoms with Crippen LogP contribution in [0.15, 0.2) is 0 Å². The standard InChI is InChI=1S/C10H20O6/c1-10(2,14)16-8-3-6(12)9(4-11)15-5-7(8)13/h6-9,11-14H,3-5H2,1-2H3/t6-,7?,8?,9?/m0/s1. The van der Waals surface area contributed by atoms with Gasteiger partial charge in [-0.05, 0) is 13.8 Å². The van der Waals surface area contributed by atoms with Crippen LogP contribution in [0.5, 0.6) is 0 Å². The van der Waals surface area contributed by atoms with E-state index in [9.17, 15) is 15.3 Å². The maximum absolute atomic E-state index is 9.69. The highest BCUT2D eigenvalue weighted by molar-refractivity contribution is 4.82. The molecule has 1 fully saturated rings. The summed E-state index contributed by atoms with van der Waals surface area (Å²) in [7, 11) is 0. The second-order valence-electron chi connectivity index (χ2n) is 4.53. The summed E-state index contributed by atoms with van der Waals surface area (Å²) < 4.78 is 10.3. The van der Waals surface area contributed by atoms with Gasteiger partial charge in [0.2, 0.25) is 0 Å². The first-order valence-electron chi connectivity index (χ1n) is 5.32. The molecule has 0 aliphatic carbocycles. The largest absolute Gasteiger partial charge is 0.394 e. The summed E-state index contributed by atoms with van der Waals surface area (Å²) in [5.41, 5.74) is 0. The molecule has 1 heterocycles. The Balaban J connectivity index is 2.63. The van der Waals surface area contributed by atoms with Gasteiger partial charge in [-0.1, -0.05) is 0 Å². The third kappa shape index (κ3) is 3.97. The molecule has 4 N–H and O–H groups in total. The summed E-state index contributed by atoms with van der Waals surface area (Å²) in [5, 5.41) is 37.8. The van der Waals surface area contributed by atoms with Crippen LogP contribution in [0.3, 0.4) is 0 Å². The van der Waals surface area contributed by atoms with E-state index in [1.807, 2.05) is 0 Å². The molecule has 1 rings (SSSR count). The quantitative estimate of drug-likeness (QED) is 0.450. The fraction of sp³-hybridized carbons (Fsp3) is 1.00. The van der Waals surface area contributed by atoms with Crippen LogP contribution < -0.4 is 0 Å². The van der Waals surface area contributed by atoms with Crippen LogP contribution in [0.1, 0.15) is 20.3 Å². The Morgan fingerprint density at radius 3 is 2.44 bits per heavy atom. The van der Waals surface area contributed by atoms with Gasteiger partial charge in [0.25, 0.3) is 0 Å².